The molecule has 0 saturated heterocycles. The van der Waals surface area contributed by atoms with Crippen LogP contribution in [0.2, 0.25) is 10.0 Å². The molecule has 0 aliphatic carbocycles. The molecule has 0 aromatic heterocycles. The number of nitrogens with zero attached hydrogens (tertiary/aromatic N) is 1. The van der Waals surface area contributed by atoms with Crippen LogP contribution in [-0.4, -0.2) is 49.6 Å². The maximum absolute atomic E-state index is 12.4. The number of halogens is 2. The van der Waals surface area contributed by atoms with Crippen molar-refractivity contribution in [2.75, 3.05) is 43.5 Å². The lowest BCUT2D eigenvalue weighted by Gasteiger charge is -2.21. The minimum absolute atomic E-state index is 0.163. The first kappa shape index (κ1) is 22.2. The van der Waals surface area contributed by atoms with Crippen molar-refractivity contribution >= 4 is 46.4 Å². The summed E-state index contributed by atoms with van der Waals surface area (Å²) < 4.78 is 11.0. The van der Waals surface area contributed by atoms with Gasteiger partial charge in [-0.3, -0.25) is 14.5 Å². The molecule has 0 bridgehead atoms. The van der Waals surface area contributed by atoms with Crippen LogP contribution in [0.25, 0.3) is 0 Å². The number of nitrogens with one attached hydrogen (secondary N) is 2. The van der Waals surface area contributed by atoms with E-state index in [1.807, 2.05) is 11.8 Å². The lowest BCUT2D eigenvalue weighted by molar-refractivity contribution is -0.119. The lowest BCUT2D eigenvalue weighted by atomic mass is 10.2. The second-order valence-corrected chi connectivity index (χ2v) is 7.54. The Kier molecular flexibility index (Phi) is 7.79. The Morgan fingerprint density at radius 2 is 1.77 bits per heavy atom. The summed E-state index contributed by atoms with van der Waals surface area (Å²) in [5.41, 5.74) is 1.10. The van der Waals surface area contributed by atoms with Crippen LogP contribution in [0.5, 0.6) is 11.5 Å². The van der Waals surface area contributed by atoms with Crippen LogP contribution in [0.4, 0.5) is 11.4 Å². The SMILES string of the molecule is CCN(CCC(=O)Nc1cc(Cl)ccc1Cl)CC(=O)Nc1ccc2c(c1)OCCO2. The third-order valence-corrected chi connectivity index (χ3v) is 5.06. The fraction of sp³-hybridized carbons (Fsp3) is 0.333. The molecule has 2 N–H and O–H groups in total. The number of likely N-dealkylation sites (N-methyl/N-ethyl adjacent to an activating group) is 1. The van der Waals surface area contributed by atoms with E-state index in [4.69, 9.17) is 32.7 Å². The summed E-state index contributed by atoms with van der Waals surface area (Å²) in [5, 5.41) is 6.50. The van der Waals surface area contributed by atoms with E-state index in [9.17, 15) is 9.59 Å². The second-order valence-electron chi connectivity index (χ2n) is 6.70. The van der Waals surface area contributed by atoms with E-state index in [1.165, 1.54) is 0 Å². The van der Waals surface area contributed by atoms with E-state index in [1.54, 1.807) is 36.4 Å². The molecule has 0 unspecified atom stereocenters. The van der Waals surface area contributed by atoms with Gasteiger partial charge in [0, 0.05) is 29.7 Å². The molecule has 0 atom stereocenters. The van der Waals surface area contributed by atoms with E-state index in [-0.39, 0.29) is 24.8 Å². The van der Waals surface area contributed by atoms with Gasteiger partial charge in [-0.05, 0) is 36.9 Å². The van der Waals surface area contributed by atoms with Gasteiger partial charge >= 0.3 is 0 Å². The topological polar surface area (TPSA) is 79.9 Å². The molecule has 0 radical (unpaired) electrons. The van der Waals surface area contributed by atoms with Gasteiger partial charge < -0.3 is 20.1 Å². The van der Waals surface area contributed by atoms with E-state index in [2.05, 4.69) is 10.6 Å². The molecule has 2 aromatic rings. The molecular formula is C21H23Cl2N3O4. The zero-order valence-electron chi connectivity index (χ0n) is 16.5. The van der Waals surface area contributed by atoms with E-state index >= 15 is 0 Å². The highest BCUT2D eigenvalue weighted by Crippen LogP contribution is 2.32. The highest BCUT2D eigenvalue weighted by molar-refractivity contribution is 6.35. The summed E-state index contributed by atoms with van der Waals surface area (Å²) in [7, 11) is 0. The van der Waals surface area contributed by atoms with Gasteiger partial charge in [0.2, 0.25) is 11.8 Å². The van der Waals surface area contributed by atoms with Crippen LogP contribution < -0.4 is 20.1 Å². The van der Waals surface area contributed by atoms with Crippen LogP contribution in [0.1, 0.15) is 13.3 Å². The largest absolute Gasteiger partial charge is 0.486 e. The summed E-state index contributed by atoms with van der Waals surface area (Å²) >= 11 is 12.0. The number of anilines is 2. The first-order valence-electron chi connectivity index (χ1n) is 9.61. The number of rotatable bonds is 8. The zero-order chi connectivity index (χ0) is 21.5. The molecule has 2 aromatic carbocycles. The number of fused-ring (bicyclic) bond motifs is 1. The molecule has 2 amide bonds. The minimum Gasteiger partial charge on any atom is -0.486 e. The van der Waals surface area contributed by atoms with Gasteiger partial charge in [-0.15, -0.1) is 0 Å². The summed E-state index contributed by atoms with van der Waals surface area (Å²) in [4.78, 5) is 26.5. The quantitative estimate of drug-likeness (QED) is 0.632. The first-order chi connectivity index (χ1) is 14.4. The first-order valence-corrected chi connectivity index (χ1v) is 10.4. The van der Waals surface area contributed by atoms with E-state index in [0.717, 1.165) is 0 Å². The van der Waals surface area contributed by atoms with Crippen molar-refractivity contribution in [3.63, 3.8) is 0 Å². The maximum atomic E-state index is 12.4. The molecule has 0 saturated carbocycles. The number of carbonyl (C=O) groups is 2. The third-order valence-electron chi connectivity index (χ3n) is 4.50. The molecule has 1 heterocycles. The summed E-state index contributed by atoms with van der Waals surface area (Å²) in [6.07, 6.45) is 0.216. The minimum atomic E-state index is -0.204. The summed E-state index contributed by atoms with van der Waals surface area (Å²) in [6, 6.07) is 10.2. The Hall–Kier alpha value is -2.48. The average molecular weight is 452 g/mol. The van der Waals surface area contributed by atoms with Crippen LogP contribution in [-0.2, 0) is 9.59 Å². The normalized spacial score (nSPS) is 12.5. The number of benzene rings is 2. The monoisotopic (exact) mass is 451 g/mol. The van der Waals surface area contributed by atoms with Gasteiger partial charge in [0.1, 0.15) is 13.2 Å². The number of carbonyl (C=O) groups excluding carboxylic acids is 2. The van der Waals surface area contributed by atoms with Crippen molar-refractivity contribution in [2.45, 2.75) is 13.3 Å². The lowest BCUT2D eigenvalue weighted by Crippen LogP contribution is -2.35. The fourth-order valence-electron chi connectivity index (χ4n) is 2.94. The van der Waals surface area contributed by atoms with Crippen molar-refractivity contribution in [1.29, 1.82) is 0 Å². The van der Waals surface area contributed by atoms with Crippen molar-refractivity contribution in [3.8, 4) is 11.5 Å². The molecule has 1 aliphatic rings. The zero-order valence-corrected chi connectivity index (χ0v) is 18.1. The summed E-state index contributed by atoms with van der Waals surface area (Å²) in [6.45, 7) is 4.14. The molecule has 160 valence electrons. The maximum Gasteiger partial charge on any atom is 0.238 e. The molecule has 30 heavy (non-hydrogen) atoms. The van der Waals surface area contributed by atoms with E-state index in [0.29, 0.717) is 59.2 Å². The number of hydrogen-bond donors (Lipinski definition) is 2. The van der Waals surface area contributed by atoms with Crippen molar-refractivity contribution in [2.24, 2.45) is 0 Å². The predicted octanol–water partition coefficient (Wildman–Crippen LogP) is 4.05. The molecule has 7 nitrogen and oxygen atoms in total. The van der Waals surface area contributed by atoms with E-state index < -0.39 is 0 Å². The van der Waals surface area contributed by atoms with Gasteiger partial charge in [-0.2, -0.15) is 0 Å². The molecule has 3 rings (SSSR count). The standard InChI is InChI=1S/C21H23Cl2N3O4/c1-2-26(8-7-20(27)25-17-11-14(22)3-5-16(17)23)13-21(28)24-15-4-6-18-19(12-15)30-10-9-29-18/h3-6,11-12H,2,7-10,13H2,1H3,(H,24,28)(H,25,27). The number of hydrogen-bond acceptors (Lipinski definition) is 5. The summed E-state index contributed by atoms with van der Waals surface area (Å²) in [5.74, 6) is 0.902. The van der Waals surface area contributed by atoms with Crippen LogP contribution in [0.15, 0.2) is 36.4 Å². The molecule has 1 aliphatic heterocycles. The molecular weight excluding hydrogens is 429 g/mol. The Balaban J connectivity index is 1.48. The van der Waals surface area contributed by atoms with Crippen LogP contribution in [0, 0.1) is 0 Å². The van der Waals surface area contributed by atoms with Crippen LogP contribution >= 0.6 is 23.2 Å². The fourth-order valence-corrected chi connectivity index (χ4v) is 3.28. The van der Waals surface area contributed by atoms with Gasteiger partial charge in [-0.1, -0.05) is 30.1 Å². The molecule has 0 spiro atoms. The van der Waals surface area contributed by atoms with Gasteiger partial charge in [0.05, 0.1) is 17.3 Å². The predicted molar refractivity (Wildman–Crippen MR) is 118 cm³/mol. The Morgan fingerprint density at radius 3 is 2.53 bits per heavy atom. The highest BCUT2D eigenvalue weighted by Gasteiger charge is 2.15. The van der Waals surface area contributed by atoms with Crippen molar-refractivity contribution in [1.82, 2.24) is 4.90 Å². The van der Waals surface area contributed by atoms with Gasteiger partial charge in [0.25, 0.3) is 0 Å². The molecule has 0 fully saturated rings. The molecule has 9 heteroatoms. The Labute approximate surface area is 185 Å². The van der Waals surface area contributed by atoms with Crippen molar-refractivity contribution in [3.05, 3.63) is 46.4 Å². The van der Waals surface area contributed by atoms with Crippen molar-refractivity contribution < 1.29 is 19.1 Å². The Bertz CT molecular complexity index is 923. The second kappa shape index (κ2) is 10.5. The van der Waals surface area contributed by atoms with Crippen LogP contribution in [0.3, 0.4) is 0 Å². The number of amides is 2. The number of ether oxygens (including phenoxy) is 2. The highest BCUT2D eigenvalue weighted by atomic mass is 35.5. The average Bonchev–Trinajstić information content (AvgIpc) is 2.73. The van der Waals surface area contributed by atoms with Gasteiger partial charge in [-0.25, -0.2) is 0 Å². The Morgan fingerprint density at radius 1 is 1.00 bits per heavy atom. The van der Waals surface area contributed by atoms with Gasteiger partial charge in [0.15, 0.2) is 11.5 Å². The third kappa shape index (κ3) is 6.26. The smallest absolute Gasteiger partial charge is 0.238 e.